The number of ether oxygens (including phenoxy) is 1. The largest absolute Gasteiger partial charge is 0.444 e. The Balaban J connectivity index is 1.71. The molecular weight excluding hydrogens is 350 g/mol. The average Bonchev–Trinajstić information content (AvgIpc) is 2.62. The third kappa shape index (κ3) is 3.11. The summed E-state index contributed by atoms with van der Waals surface area (Å²) in [5.74, 6) is 0.851. The van der Waals surface area contributed by atoms with Crippen LogP contribution in [-0.4, -0.2) is 6.73 Å². The van der Waals surface area contributed by atoms with E-state index < -0.39 is 0 Å². The van der Waals surface area contributed by atoms with E-state index >= 15 is 0 Å². The van der Waals surface area contributed by atoms with E-state index in [0.29, 0.717) is 12.3 Å². The van der Waals surface area contributed by atoms with Crippen LogP contribution in [0.2, 0.25) is 5.02 Å². The van der Waals surface area contributed by atoms with E-state index in [2.05, 4.69) is 19.1 Å². The van der Waals surface area contributed by atoms with Gasteiger partial charge in [0.2, 0.25) is 6.73 Å². The van der Waals surface area contributed by atoms with Crippen LogP contribution < -0.4 is 15.3 Å². The van der Waals surface area contributed by atoms with Gasteiger partial charge in [-0.15, -0.1) is 0 Å². The monoisotopic (exact) mass is 370 g/mol. The molecule has 0 saturated carbocycles. The molecule has 0 fully saturated rings. The molecule has 0 saturated heterocycles. The number of rotatable bonds is 3. The minimum atomic E-state index is -0.304. The van der Waals surface area contributed by atoms with Crippen molar-refractivity contribution in [1.82, 2.24) is 0 Å². The summed E-state index contributed by atoms with van der Waals surface area (Å²) in [6, 6.07) is 11.7. The molecule has 1 aliphatic heterocycles. The Morgan fingerprint density at radius 2 is 2.08 bits per heavy atom. The van der Waals surface area contributed by atoms with Crippen LogP contribution in [0.1, 0.15) is 29.2 Å². The van der Waals surface area contributed by atoms with Gasteiger partial charge in [-0.25, -0.2) is 4.79 Å². The maximum Gasteiger partial charge on any atom is 0.336 e. The quantitative estimate of drug-likeness (QED) is 0.720. The third-order valence-electron chi connectivity index (χ3n) is 4.96. The zero-order chi connectivity index (χ0) is 18.3. The molecule has 2 aromatic carbocycles. The van der Waals surface area contributed by atoms with Crippen LogP contribution in [-0.2, 0) is 19.5 Å². The summed E-state index contributed by atoms with van der Waals surface area (Å²) in [5.41, 5.74) is 4.61. The van der Waals surface area contributed by atoms with E-state index in [1.807, 2.05) is 25.1 Å². The van der Waals surface area contributed by atoms with Gasteiger partial charge < -0.3 is 9.15 Å². The van der Waals surface area contributed by atoms with E-state index in [9.17, 15) is 4.79 Å². The maximum absolute atomic E-state index is 11.8. The minimum Gasteiger partial charge on any atom is -0.444 e. The molecule has 1 unspecified atom stereocenters. The Morgan fingerprint density at radius 3 is 2.85 bits per heavy atom. The van der Waals surface area contributed by atoms with Crippen molar-refractivity contribution < 1.29 is 14.1 Å². The van der Waals surface area contributed by atoms with E-state index in [-0.39, 0.29) is 5.63 Å². The lowest BCUT2D eigenvalue weighted by atomic mass is 9.99. The summed E-state index contributed by atoms with van der Waals surface area (Å²) in [5, 5.41) is 1.76. The van der Waals surface area contributed by atoms with Crippen molar-refractivity contribution in [2.75, 3.05) is 6.73 Å². The van der Waals surface area contributed by atoms with Crippen LogP contribution in [0.3, 0.4) is 0 Å². The van der Waals surface area contributed by atoms with Crippen molar-refractivity contribution in [3.63, 3.8) is 0 Å². The van der Waals surface area contributed by atoms with E-state index in [0.717, 1.165) is 52.4 Å². The first kappa shape index (κ1) is 17.1. The molecule has 0 bridgehead atoms. The average molecular weight is 371 g/mol. The van der Waals surface area contributed by atoms with Gasteiger partial charge >= 0.3 is 5.63 Å². The van der Waals surface area contributed by atoms with Gasteiger partial charge in [0, 0.05) is 33.2 Å². The number of benzene rings is 2. The third-order valence-corrected chi connectivity index (χ3v) is 5.20. The lowest BCUT2D eigenvalue weighted by Gasteiger charge is -2.27. The minimum absolute atomic E-state index is 0.304. The second-order valence-electron chi connectivity index (χ2n) is 6.83. The summed E-state index contributed by atoms with van der Waals surface area (Å²) in [6.45, 7) is 6.30. The molecule has 1 N–H and O–H groups in total. The van der Waals surface area contributed by atoms with Gasteiger partial charge in [0.25, 0.3) is 0 Å². The van der Waals surface area contributed by atoms with Gasteiger partial charge in [-0.2, -0.15) is 0 Å². The van der Waals surface area contributed by atoms with Crippen LogP contribution in [0.5, 0.6) is 5.75 Å². The summed E-state index contributed by atoms with van der Waals surface area (Å²) in [6.07, 6.45) is 0.792. The number of hydrogen-bond acceptors (Lipinski definition) is 3. The standard InChI is InChI=1S/C21H20ClNO3/c1-3-15-9-19(24)26-21-13(2)20-16(8-18(15)21)11-23(12-25-20)10-14-5-4-6-17(22)7-14/h4-9H,3,10-12H2,1-2H3/p+1. The lowest BCUT2D eigenvalue weighted by Crippen LogP contribution is -3.10. The maximum atomic E-state index is 11.8. The first-order chi connectivity index (χ1) is 12.5. The van der Waals surface area contributed by atoms with Gasteiger partial charge in [0.1, 0.15) is 24.4 Å². The van der Waals surface area contributed by atoms with Crippen LogP contribution in [0.4, 0.5) is 0 Å². The molecule has 5 heteroatoms. The molecule has 4 nitrogen and oxygen atoms in total. The number of halogens is 1. The molecule has 1 aliphatic rings. The summed E-state index contributed by atoms with van der Waals surface area (Å²) < 4.78 is 11.5. The van der Waals surface area contributed by atoms with Crippen LogP contribution in [0.15, 0.2) is 45.6 Å². The van der Waals surface area contributed by atoms with Crippen molar-refractivity contribution in [1.29, 1.82) is 0 Å². The molecule has 0 aliphatic carbocycles. The summed E-state index contributed by atoms with van der Waals surface area (Å²) >= 11 is 6.10. The molecule has 3 aromatic rings. The Hall–Kier alpha value is -2.30. The molecule has 2 heterocycles. The van der Waals surface area contributed by atoms with Gasteiger partial charge in [0.05, 0.1) is 0 Å². The summed E-state index contributed by atoms with van der Waals surface area (Å²) in [4.78, 5) is 13.2. The first-order valence-corrected chi connectivity index (χ1v) is 9.23. The molecule has 1 aromatic heterocycles. The zero-order valence-electron chi connectivity index (χ0n) is 14.9. The van der Waals surface area contributed by atoms with Crippen molar-refractivity contribution in [3.8, 4) is 5.75 Å². The van der Waals surface area contributed by atoms with Crippen molar-refractivity contribution in [2.45, 2.75) is 33.4 Å². The first-order valence-electron chi connectivity index (χ1n) is 8.85. The topological polar surface area (TPSA) is 43.9 Å². The van der Waals surface area contributed by atoms with Gasteiger partial charge in [-0.05, 0) is 37.1 Å². The number of fused-ring (bicyclic) bond motifs is 2. The van der Waals surface area contributed by atoms with Crippen molar-refractivity contribution in [3.05, 3.63) is 74.1 Å². The predicted molar refractivity (Wildman–Crippen MR) is 102 cm³/mol. The second-order valence-corrected chi connectivity index (χ2v) is 7.27. The van der Waals surface area contributed by atoms with Crippen LogP contribution in [0, 0.1) is 6.92 Å². The molecule has 1 atom stereocenters. The smallest absolute Gasteiger partial charge is 0.336 e. The van der Waals surface area contributed by atoms with Crippen LogP contribution >= 0.6 is 11.6 Å². The molecule has 26 heavy (non-hydrogen) atoms. The van der Waals surface area contributed by atoms with E-state index in [4.69, 9.17) is 20.8 Å². The Labute approximate surface area is 156 Å². The summed E-state index contributed by atoms with van der Waals surface area (Å²) in [7, 11) is 0. The molecule has 0 amide bonds. The van der Waals surface area contributed by atoms with E-state index in [1.165, 1.54) is 10.5 Å². The fraction of sp³-hybridized carbons (Fsp3) is 0.286. The van der Waals surface area contributed by atoms with Gasteiger partial charge in [-0.3, -0.25) is 4.90 Å². The molecule has 134 valence electrons. The SMILES string of the molecule is CCc1cc(=O)oc2c(C)c3c(cc12)C[NH+](Cc1cccc(Cl)c1)CO3. The Morgan fingerprint density at radius 1 is 1.23 bits per heavy atom. The number of nitrogens with one attached hydrogen (secondary N) is 1. The fourth-order valence-electron chi connectivity index (χ4n) is 3.74. The lowest BCUT2D eigenvalue weighted by molar-refractivity contribution is -0.945. The highest BCUT2D eigenvalue weighted by molar-refractivity contribution is 6.30. The predicted octanol–water partition coefficient (Wildman–Crippen LogP) is 3.25. The Bertz CT molecular complexity index is 1040. The normalized spacial score (nSPS) is 16.3. The molecule has 4 rings (SSSR count). The number of hydrogen-bond donors (Lipinski definition) is 1. The van der Waals surface area contributed by atoms with Crippen molar-refractivity contribution >= 4 is 22.6 Å². The number of aryl methyl sites for hydroxylation is 2. The second kappa shape index (κ2) is 6.78. The van der Waals surface area contributed by atoms with Gasteiger partial charge in [-0.1, -0.05) is 30.7 Å². The zero-order valence-corrected chi connectivity index (χ0v) is 15.7. The number of quaternary nitrogens is 1. The fourth-order valence-corrected chi connectivity index (χ4v) is 3.95. The molecule has 0 radical (unpaired) electrons. The molecule has 0 spiro atoms. The van der Waals surface area contributed by atoms with Crippen LogP contribution in [0.25, 0.3) is 11.0 Å². The highest BCUT2D eigenvalue weighted by Crippen LogP contribution is 2.33. The Kier molecular flexibility index (Phi) is 4.47. The molecular formula is C21H21ClNO3+. The van der Waals surface area contributed by atoms with Crippen molar-refractivity contribution in [2.24, 2.45) is 0 Å². The highest BCUT2D eigenvalue weighted by atomic mass is 35.5. The van der Waals surface area contributed by atoms with Gasteiger partial charge in [0.15, 0.2) is 0 Å². The van der Waals surface area contributed by atoms with E-state index in [1.54, 1.807) is 6.07 Å². The highest BCUT2D eigenvalue weighted by Gasteiger charge is 2.25.